The molecule has 202 valence electrons. The van der Waals surface area contributed by atoms with Crippen molar-refractivity contribution < 1.29 is 14.3 Å². The highest BCUT2D eigenvalue weighted by atomic mass is 35.5. The summed E-state index contributed by atoms with van der Waals surface area (Å²) in [6.07, 6.45) is 5.06. The first kappa shape index (κ1) is 28.0. The summed E-state index contributed by atoms with van der Waals surface area (Å²) < 4.78 is 12.9. The van der Waals surface area contributed by atoms with E-state index >= 15 is 0 Å². The fourth-order valence-electron chi connectivity index (χ4n) is 5.12. The lowest BCUT2D eigenvalue weighted by Gasteiger charge is -2.26. The van der Waals surface area contributed by atoms with Crippen molar-refractivity contribution in [3.8, 4) is 5.69 Å². The third-order valence-corrected chi connectivity index (χ3v) is 7.31. The fraction of sp³-hybridized carbons (Fsp3) is 0.400. The Morgan fingerprint density at radius 3 is 2.45 bits per heavy atom. The summed E-state index contributed by atoms with van der Waals surface area (Å²) in [5.41, 5.74) is 4.86. The molecule has 3 aromatic rings. The summed E-state index contributed by atoms with van der Waals surface area (Å²) in [7, 11) is 3.26. The predicted octanol–water partition coefficient (Wildman–Crippen LogP) is 5.55. The first-order valence-corrected chi connectivity index (χ1v) is 13.5. The molecule has 1 atom stereocenters. The highest BCUT2D eigenvalue weighted by molar-refractivity contribution is 6.30. The van der Waals surface area contributed by atoms with Crippen molar-refractivity contribution in [3.63, 3.8) is 0 Å². The topological polar surface area (TPSA) is 59.8 Å². The third-order valence-electron chi connectivity index (χ3n) is 7.06. The first-order chi connectivity index (χ1) is 18.5. The summed E-state index contributed by atoms with van der Waals surface area (Å²) in [6.45, 7) is 8.25. The van der Waals surface area contributed by atoms with Gasteiger partial charge in [-0.05, 0) is 54.9 Å². The molecule has 2 heterocycles. The SMILES string of the molecule is CCN(CC)C1CCN(C(=O)c2c(COC)nn(-c3cccc(C=Cc4ccc(Cl)cc4)c3)c2COC)C1. The highest BCUT2D eigenvalue weighted by Gasteiger charge is 2.34. The van der Waals surface area contributed by atoms with Gasteiger partial charge in [0.25, 0.3) is 5.91 Å². The van der Waals surface area contributed by atoms with Crippen molar-refractivity contribution in [3.05, 3.63) is 81.6 Å². The van der Waals surface area contributed by atoms with E-state index in [1.54, 1.807) is 14.2 Å². The van der Waals surface area contributed by atoms with Gasteiger partial charge in [-0.2, -0.15) is 5.10 Å². The van der Waals surface area contributed by atoms with Gasteiger partial charge >= 0.3 is 0 Å². The molecule has 4 rings (SSSR count). The molecule has 0 spiro atoms. The minimum absolute atomic E-state index is 0.0104. The van der Waals surface area contributed by atoms with Gasteiger partial charge in [0.2, 0.25) is 0 Å². The van der Waals surface area contributed by atoms with E-state index in [-0.39, 0.29) is 19.1 Å². The molecule has 0 bridgehead atoms. The molecule has 8 heteroatoms. The van der Waals surface area contributed by atoms with Gasteiger partial charge in [0, 0.05) is 38.4 Å². The summed E-state index contributed by atoms with van der Waals surface area (Å²) in [4.78, 5) is 18.3. The lowest BCUT2D eigenvalue weighted by Crippen LogP contribution is -2.39. The van der Waals surface area contributed by atoms with Crippen LogP contribution >= 0.6 is 11.6 Å². The highest BCUT2D eigenvalue weighted by Crippen LogP contribution is 2.26. The fourth-order valence-corrected chi connectivity index (χ4v) is 5.25. The number of likely N-dealkylation sites (N-methyl/N-ethyl adjacent to an activating group) is 1. The van der Waals surface area contributed by atoms with Crippen LogP contribution in [0.2, 0.25) is 5.02 Å². The molecule has 1 aliphatic heterocycles. The van der Waals surface area contributed by atoms with E-state index in [4.69, 9.17) is 26.2 Å². The molecule has 1 amide bonds. The van der Waals surface area contributed by atoms with Gasteiger partial charge in [-0.1, -0.05) is 61.9 Å². The van der Waals surface area contributed by atoms with Gasteiger partial charge in [-0.25, -0.2) is 4.68 Å². The maximum absolute atomic E-state index is 13.9. The van der Waals surface area contributed by atoms with Gasteiger partial charge in [-0.15, -0.1) is 0 Å². The van der Waals surface area contributed by atoms with E-state index in [0.717, 1.165) is 55.1 Å². The quantitative estimate of drug-likeness (QED) is 0.301. The van der Waals surface area contributed by atoms with Crippen LogP contribution in [0.25, 0.3) is 17.8 Å². The molecule has 0 N–H and O–H groups in total. The Morgan fingerprint density at radius 1 is 1.05 bits per heavy atom. The molecule has 1 unspecified atom stereocenters. The van der Waals surface area contributed by atoms with Crippen LogP contribution in [-0.4, -0.2) is 71.9 Å². The van der Waals surface area contributed by atoms with Crippen molar-refractivity contribution in [1.82, 2.24) is 19.6 Å². The smallest absolute Gasteiger partial charge is 0.257 e. The maximum Gasteiger partial charge on any atom is 0.257 e. The first-order valence-electron chi connectivity index (χ1n) is 13.1. The van der Waals surface area contributed by atoms with Crippen LogP contribution in [0.15, 0.2) is 48.5 Å². The maximum atomic E-state index is 13.9. The number of halogens is 1. The molecule has 1 aliphatic rings. The number of amides is 1. The molecular weight excluding hydrogens is 500 g/mol. The Labute approximate surface area is 230 Å². The summed E-state index contributed by atoms with van der Waals surface area (Å²) in [5, 5.41) is 5.56. The minimum atomic E-state index is -0.0104. The second kappa shape index (κ2) is 13.2. The van der Waals surface area contributed by atoms with E-state index in [1.807, 2.05) is 64.2 Å². The normalized spacial score (nSPS) is 15.7. The zero-order chi connectivity index (χ0) is 27.1. The number of ether oxygens (including phenoxy) is 2. The third kappa shape index (κ3) is 6.35. The number of methoxy groups -OCH3 is 2. The molecule has 0 aliphatic carbocycles. The molecule has 1 aromatic heterocycles. The second-order valence-electron chi connectivity index (χ2n) is 9.44. The van der Waals surface area contributed by atoms with Crippen LogP contribution < -0.4 is 0 Å². The molecule has 1 fully saturated rings. The lowest BCUT2D eigenvalue weighted by molar-refractivity contribution is 0.0767. The van der Waals surface area contributed by atoms with E-state index in [2.05, 4.69) is 24.8 Å². The van der Waals surface area contributed by atoms with Gasteiger partial charge in [0.1, 0.15) is 5.69 Å². The van der Waals surface area contributed by atoms with Crippen molar-refractivity contribution in [2.75, 3.05) is 40.4 Å². The number of carbonyl (C=O) groups is 1. The minimum Gasteiger partial charge on any atom is -0.378 e. The van der Waals surface area contributed by atoms with Crippen LogP contribution in [0.1, 0.15) is 53.1 Å². The summed E-state index contributed by atoms with van der Waals surface area (Å²) in [6, 6.07) is 16.1. The van der Waals surface area contributed by atoms with Gasteiger partial charge in [0.05, 0.1) is 30.2 Å². The summed E-state index contributed by atoms with van der Waals surface area (Å²) >= 11 is 6.01. The van der Waals surface area contributed by atoms with Crippen LogP contribution in [0, 0.1) is 0 Å². The van der Waals surface area contributed by atoms with Crippen molar-refractivity contribution in [2.24, 2.45) is 0 Å². The number of carbonyl (C=O) groups excluding carboxylic acids is 1. The molecular formula is C30H37ClN4O3. The average Bonchev–Trinajstić information content (AvgIpc) is 3.55. The predicted molar refractivity (Wildman–Crippen MR) is 153 cm³/mol. The number of rotatable bonds is 11. The average molecular weight is 537 g/mol. The number of likely N-dealkylation sites (tertiary alicyclic amines) is 1. The second-order valence-corrected chi connectivity index (χ2v) is 9.88. The molecule has 7 nitrogen and oxygen atoms in total. The zero-order valence-electron chi connectivity index (χ0n) is 22.7. The summed E-state index contributed by atoms with van der Waals surface area (Å²) in [5.74, 6) is -0.0104. The lowest BCUT2D eigenvalue weighted by atomic mass is 10.1. The van der Waals surface area contributed by atoms with Crippen LogP contribution in [0.5, 0.6) is 0 Å². The molecule has 2 aromatic carbocycles. The number of hydrogen-bond acceptors (Lipinski definition) is 5. The van der Waals surface area contributed by atoms with Crippen molar-refractivity contribution >= 4 is 29.7 Å². The van der Waals surface area contributed by atoms with Crippen molar-refractivity contribution in [2.45, 2.75) is 39.5 Å². The molecule has 0 saturated carbocycles. The molecule has 1 saturated heterocycles. The van der Waals surface area contributed by atoms with Crippen LogP contribution in [-0.2, 0) is 22.7 Å². The monoisotopic (exact) mass is 536 g/mol. The van der Waals surface area contributed by atoms with Gasteiger partial charge in [-0.3, -0.25) is 9.69 Å². The zero-order valence-corrected chi connectivity index (χ0v) is 23.4. The standard InChI is InChI=1S/C30H37ClN4O3/c1-5-33(6-2)26-16-17-34(19-26)30(36)29-27(20-37-3)32-35(28(29)21-38-4)25-9-7-8-23(18-25)11-10-22-12-14-24(31)15-13-22/h7-15,18,26H,5-6,16-17,19-21H2,1-4H3. The Morgan fingerprint density at radius 2 is 1.76 bits per heavy atom. The van der Waals surface area contributed by atoms with Gasteiger partial charge < -0.3 is 14.4 Å². The largest absolute Gasteiger partial charge is 0.378 e. The van der Waals surface area contributed by atoms with Crippen LogP contribution in [0.4, 0.5) is 0 Å². The number of benzene rings is 2. The number of nitrogens with zero attached hydrogens (tertiary/aromatic N) is 4. The van der Waals surface area contributed by atoms with Crippen molar-refractivity contribution in [1.29, 1.82) is 0 Å². The Balaban J connectivity index is 1.67. The Hall–Kier alpha value is -2.97. The molecule has 38 heavy (non-hydrogen) atoms. The number of hydrogen-bond donors (Lipinski definition) is 0. The van der Waals surface area contributed by atoms with E-state index in [1.165, 1.54) is 0 Å². The Kier molecular flexibility index (Phi) is 9.74. The van der Waals surface area contributed by atoms with Crippen LogP contribution in [0.3, 0.4) is 0 Å². The van der Waals surface area contributed by atoms with E-state index in [9.17, 15) is 4.79 Å². The molecule has 0 radical (unpaired) electrons. The number of aromatic nitrogens is 2. The van der Waals surface area contributed by atoms with Gasteiger partial charge in [0.15, 0.2) is 0 Å². The van der Waals surface area contributed by atoms with E-state index in [0.29, 0.717) is 22.3 Å². The van der Waals surface area contributed by atoms with E-state index < -0.39 is 0 Å². The Bertz CT molecular complexity index is 1250.